The summed E-state index contributed by atoms with van der Waals surface area (Å²) in [5, 5.41) is 0. The molecule has 13 heavy (non-hydrogen) atoms. The number of hydrogen-bond donors (Lipinski definition) is 0. The molecule has 0 amide bonds. The summed E-state index contributed by atoms with van der Waals surface area (Å²) < 4.78 is 0. The second kappa shape index (κ2) is 3.42. The molecule has 0 N–H and O–H groups in total. The summed E-state index contributed by atoms with van der Waals surface area (Å²) in [5.74, 6) is 0. The highest BCUT2D eigenvalue weighted by Crippen LogP contribution is 2.23. The third-order valence-corrected chi connectivity index (χ3v) is 2.23. The van der Waals surface area contributed by atoms with Crippen LogP contribution in [0, 0.1) is 13.8 Å². The Morgan fingerprint density at radius 1 is 1.38 bits per heavy atom. The largest absolute Gasteiger partial charge is 0.306 e. The number of rotatable bonds is 1. The fourth-order valence-corrected chi connectivity index (χ4v) is 1.59. The molecule has 0 atom stereocenters. The summed E-state index contributed by atoms with van der Waals surface area (Å²) in [6.07, 6.45) is 1.01. The van der Waals surface area contributed by atoms with E-state index >= 15 is 0 Å². The van der Waals surface area contributed by atoms with Gasteiger partial charge < -0.3 is 4.97 Å². The maximum absolute atomic E-state index is 5.44. The van der Waals surface area contributed by atoms with E-state index in [0.717, 1.165) is 18.6 Å². The van der Waals surface area contributed by atoms with Crippen LogP contribution >= 0.6 is 0 Å². The molecule has 2 rings (SSSR count). The van der Waals surface area contributed by atoms with Crippen LogP contribution in [0.1, 0.15) is 11.1 Å². The van der Waals surface area contributed by atoms with E-state index in [0.29, 0.717) is 0 Å². The molecule has 1 saturated heterocycles. The van der Waals surface area contributed by atoms with Crippen molar-refractivity contribution in [3.63, 3.8) is 0 Å². The van der Waals surface area contributed by atoms with Crippen molar-refractivity contribution in [3.8, 4) is 0 Å². The molecule has 1 fully saturated rings. The maximum Gasteiger partial charge on any atom is 0.288 e. The molecule has 0 spiro atoms. The van der Waals surface area contributed by atoms with Gasteiger partial charge in [0.15, 0.2) is 0 Å². The molecule has 2 nitrogen and oxygen atoms in total. The molecular weight excluding hydrogens is 161 g/mol. The van der Waals surface area contributed by atoms with Gasteiger partial charge in [-0.3, -0.25) is 4.84 Å². The van der Waals surface area contributed by atoms with Crippen molar-refractivity contribution in [2.45, 2.75) is 20.2 Å². The molecule has 3 heteroatoms. The van der Waals surface area contributed by atoms with Gasteiger partial charge in [0, 0.05) is 0 Å². The van der Waals surface area contributed by atoms with Gasteiger partial charge in [-0.05, 0) is 31.8 Å². The highest BCUT2D eigenvalue weighted by molar-refractivity contribution is 6.41. The minimum Gasteiger partial charge on any atom is -0.306 e. The van der Waals surface area contributed by atoms with E-state index in [-0.39, 0.29) is 0 Å². The van der Waals surface area contributed by atoms with Gasteiger partial charge in [-0.1, -0.05) is 17.7 Å². The van der Waals surface area contributed by atoms with Crippen molar-refractivity contribution in [1.82, 2.24) is 0 Å². The predicted octanol–water partition coefficient (Wildman–Crippen LogP) is 2.09. The molecule has 0 aliphatic carbocycles. The summed E-state index contributed by atoms with van der Waals surface area (Å²) >= 11 is 0. The Morgan fingerprint density at radius 2 is 2.23 bits per heavy atom. The van der Waals surface area contributed by atoms with E-state index in [1.165, 1.54) is 11.1 Å². The lowest BCUT2D eigenvalue weighted by Gasteiger charge is -2.19. The molecule has 0 saturated carbocycles. The van der Waals surface area contributed by atoms with Crippen LogP contribution in [0.2, 0.25) is 6.32 Å². The van der Waals surface area contributed by atoms with Crippen molar-refractivity contribution in [2.75, 3.05) is 11.6 Å². The number of anilines is 1. The van der Waals surface area contributed by atoms with Crippen LogP contribution in [-0.2, 0) is 4.84 Å². The van der Waals surface area contributed by atoms with Crippen LogP contribution in [0.3, 0.4) is 0 Å². The summed E-state index contributed by atoms with van der Waals surface area (Å²) in [7, 11) is 2.08. The van der Waals surface area contributed by atoms with Crippen LogP contribution in [0.5, 0.6) is 0 Å². The van der Waals surface area contributed by atoms with Gasteiger partial charge in [0.1, 0.15) is 0 Å². The van der Waals surface area contributed by atoms with Crippen molar-refractivity contribution in [2.24, 2.45) is 0 Å². The topological polar surface area (TPSA) is 12.5 Å². The fraction of sp³-hybridized carbons (Fsp3) is 0.400. The van der Waals surface area contributed by atoms with Gasteiger partial charge in [0.05, 0.1) is 12.3 Å². The Labute approximate surface area is 79.7 Å². The second-order valence-corrected chi connectivity index (χ2v) is 3.42. The molecule has 1 radical (unpaired) electrons. The zero-order valence-electron chi connectivity index (χ0n) is 8.08. The average molecular weight is 174 g/mol. The highest BCUT2D eigenvalue weighted by atomic mass is 16.7. The summed E-state index contributed by atoms with van der Waals surface area (Å²) in [5.41, 5.74) is 3.71. The lowest BCUT2D eigenvalue weighted by Crippen LogP contribution is -2.19. The van der Waals surface area contributed by atoms with Gasteiger partial charge in [-0.15, -0.1) is 0 Å². The van der Waals surface area contributed by atoms with E-state index in [1.54, 1.807) is 0 Å². The second-order valence-electron chi connectivity index (χ2n) is 3.42. The molecule has 1 heterocycles. The zero-order chi connectivity index (χ0) is 9.26. The predicted molar refractivity (Wildman–Crippen MR) is 54.9 cm³/mol. The standard InChI is InChI=1S/C10H13BNO/c1-8-3-4-10(9(2)7-8)12-11-5-6-13-12/h3-4,7H,5-6H2,1-2H3. The van der Waals surface area contributed by atoms with Crippen LogP contribution in [0.4, 0.5) is 5.69 Å². The highest BCUT2D eigenvalue weighted by Gasteiger charge is 2.16. The summed E-state index contributed by atoms with van der Waals surface area (Å²) in [6, 6.07) is 6.38. The lowest BCUT2D eigenvalue weighted by molar-refractivity contribution is 0.185. The molecule has 0 aromatic heterocycles. The van der Waals surface area contributed by atoms with E-state index in [1.807, 2.05) is 4.97 Å². The Bertz CT molecular complexity index is 308. The number of aryl methyl sites for hydroxylation is 2. The first kappa shape index (κ1) is 8.63. The van der Waals surface area contributed by atoms with E-state index < -0.39 is 0 Å². The molecular formula is C10H13BNO. The van der Waals surface area contributed by atoms with E-state index in [9.17, 15) is 0 Å². The van der Waals surface area contributed by atoms with Gasteiger partial charge in [-0.2, -0.15) is 0 Å². The van der Waals surface area contributed by atoms with Crippen molar-refractivity contribution in [1.29, 1.82) is 0 Å². The summed E-state index contributed by atoms with van der Waals surface area (Å²) in [6.45, 7) is 5.01. The Kier molecular flexibility index (Phi) is 2.27. The Hall–Kier alpha value is -0.955. The van der Waals surface area contributed by atoms with Crippen LogP contribution in [0.25, 0.3) is 0 Å². The van der Waals surface area contributed by atoms with Gasteiger partial charge in [-0.25, -0.2) is 0 Å². The average Bonchev–Trinajstić information content (AvgIpc) is 2.56. The van der Waals surface area contributed by atoms with Crippen LogP contribution in [-0.4, -0.2) is 14.0 Å². The van der Waals surface area contributed by atoms with Crippen LogP contribution in [0.15, 0.2) is 18.2 Å². The quantitative estimate of drug-likeness (QED) is 0.604. The number of benzene rings is 1. The normalized spacial score (nSPS) is 16.0. The molecule has 67 valence electrons. The third kappa shape index (κ3) is 1.70. The van der Waals surface area contributed by atoms with Crippen molar-refractivity contribution < 1.29 is 4.84 Å². The van der Waals surface area contributed by atoms with Crippen molar-refractivity contribution >= 4 is 13.1 Å². The first-order valence-corrected chi connectivity index (χ1v) is 4.60. The van der Waals surface area contributed by atoms with Crippen LogP contribution < -0.4 is 4.97 Å². The molecule has 1 aliphatic rings. The minimum atomic E-state index is 0.799. The van der Waals surface area contributed by atoms with Gasteiger partial charge in [0.2, 0.25) is 0 Å². The summed E-state index contributed by atoms with van der Waals surface area (Å²) in [4.78, 5) is 7.31. The van der Waals surface area contributed by atoms with E-state index in [2.05, 4.69) is 39.5 Å². The van der Waals surface area contributed by atoms with Gasteiger partial charge >= 0.3 is 0 Å². The molecule has 0 bridgehead atoms. The smallest absolute Gasteiger partial charge is 0.288 e. The van der Waals surface area contributed by atoms with Gasteiger partial charge in [0.25, 0.3) is 7.41 Å². The monoisotopic (exact) mass is 174 g/mol. The number of nitrogens with zero attached hydrogens (tertiary/aromatic N) is 1. The third-order valence-electron chi connectivity index (χ3n) is 2.23. The van der Waals surface area contributed by atoms with E-state index in [4.69, 9.17) is 4.84 Å². The first-order valence-electron chi connectivity index (χ1n) is 4.60. The molecule has 1 aliphatic heterocycles. The number of hydrogen-bond acceptors (Lipinski definition) is 2. The maximum atomic E-state index is 5.44. The zero-order valence-corrected chi connectivity index (χ0v) is 8.08. The molecule has 1 aromatic carbocycles. The SMILES string of the molecule is Cc1ccc(N2[B]CCO2)c(C)c1. The Balaban J connectivity index is 2.29. The lowest BCUT2D eigenvalue weighted by atomic mass is 9.89. The molecule has 1 aromatic rings. The minimum absolute atomic E-state index is 0.799. The Morgan fingerprint density at radius 3 is 2.85 bits per heavy atom. The van der Waals surface area contributed by atoms with Crippen molar-refractivity contribution in [3.05, 3.63) is 29.3 Å². The fourth-order valence-electron chi connectivity index (χ4n) is 1.59. The molecule has 0 unspecified atom stereocenters. The first-order chi connectivity index (χ1) is 6.27.